The number of benzene rings is 1. The fraction of sp³-hybridized carbons (Fsp3) is 0.158. The van der Waals surface area contributed by atoms with Gasteiger partial charge >= 0.3 is 0 Å². The van der Waals surface area contributed by atoms with E-state index in [-0.39, 0.29) is 11.8 Å². The van der Waals surface area contributed by atoms with E-state index in [1.54, 1.807) is 30.6 Å². The van der Waals surface area contributed by atoms with Crippen molar-refractivity contribution in [1.29, 1.82) is 0 Å². The molecule has 0 unspecified atom stereocenters. The van der Waals surface area contributed by atoms with Crippen LogP contribution in [0.4, 0.5) is 0 Å². The summed E-state index contributed by atoms with van der Waals surface area (Å²) in [4.78, 5) is 27.9. The van der Waals surface area contributed by atoms with Gasteiger partial charge in [-0.05, 0) is 24.6 Å². The highest BCUT2D eigenvalue weighted by atomic mass is 16.2. The Bertz CT molecular complexity index is 862. The highest BCUT2D eigenvalue weighted by molar-refractivity contribution is 5.94. The number of nitrogens with one attached hydrogen (secondary N) is 3. The van der Waals surface area contributed by atoms with E-state index in [1.807, 2.05) is 30.3 Å². The molecular formula is C19H19N5O2. The molecule has 26 heavy (non-hydrogen) atoms. The molecule has 0 aliphatic heterocycles. The van der Waals surface area contributed by atoms with E-state index in [9.17, 15) is 9.59 Å². The summed E-state index contributed by atoms with van der Waals surface area (Å²) in [6.45, 7) is 0.925. The second-order valence-electron chi connectivity index (χ2n) is 5.63. The van der Waals surface area contributed by atoms with Crippen LogP contribution in [0.3, 0.4) is 0 Å². The van der Waals surface area contributed by atoms with E-state index >= 15 is 0 Å². The molecule has 0 aliphatic rings. The van der Waals surface area contributed by atoms with Gasteiger partial charge in [0.1, 0.15) is 5.69 Å². The van der Waals surface area contributed by atoms with E-state index in [1.165, 1.54) is 0 Å². The summed E-state index contributed by atoms with van der Waals surface area (Å²) >= 11 is 0. The first-order valence-corrected chi connectivity index (χ1v) is 8.31. The normalized spacial score (nSPS) is 10.3. The summed E-state index contributed by atoms with van der Waals surface area (Å²) in [6, 6.07) is 14.7. The van der Waals surface area contributed by atoms with Crippen molar-refractivity contribution in [2.24, 2.45) is 0 Å². The highest BCUT2D eigenvalue weighted by Gasteiger charge is 2.10. The Morgan fingerprint density at radius 2 is 1.62 bits per heavy atom. The van der Waals surface area contributed by atoms with Crippen LogP contribution in [0.1, 0.15) is 27.3 Å². The number of aromatic nitrogens is 3. The Kier molecular flexibility index (Phi) is 5.72. The first kappa shape index (κ1) is 17.3. The average molecular weight is 349 g/mol. The number of pyridine rings is 1. The SMILES string of the molecule is O=C(NCCCNC(=O)c1cc(-c2ccccc2)n[nH]1)c1ccncc1. The number of rotatable bonds is 7. The van der Waals surface area contributed by atoms with Crippen molar-refractivity contribution in [2.75, 3.05) is 13.1 Å². The van der Waals surface area contributed by atoms with Crippen molar-refractivity contribution in [3.05, 3.63) is 72.2 Å². The molecule has 2 heterocycles. The molecule has 0 spiro atoms. The third kappa shape index (κ3) is 4.54. The summed E-state index contributed by atoms with van der Waals surface area (Å²) in [5.74, 6) is -0.375. The highest BCUT2D eigenvalue weighted by Crippen LogP contribution is 2.16. The van der Waals surface area contributed by atoms with Crippen LogP contribution in [0.15, 0.2) is 60.9 Å². The minimum absolute atomic E-state index is 0.153. The zero-order chi connectivity index (χ0) is 18.2. The van der Waals surface area contributed by atoms with Gasteiger partial charge in [0.2, 0.25) is 0 Å². The standard InChI is InChI=1S/C19H19N5O2/c25-18(15-7-11-20-12-8-15)21-9-4-10-22-19(26)17-13-16(23-24-17)14-5-2-1-3-6-14/h1-3,5-8,11-13H,4,9-10H2,(H,21,25)(H,22,26)(H,23,24). The van der Waals surface area contributed by atoms with E-state index in [4.69, 9.17) is 0 Å². The van der Waals surface area contributed by atoms with Gasteiger partial charge in [-0.15, -0.1) is 0 Å². The summed E-state index contributed by atoms with van der Waals surface area (Å²) in [5, 5.41) is 12.5. The summed E-state index contributed by atoms with van der Waals surface area (Å²) < 4.78 is 0. The van der Waals surface area contributed by atoms with Gasteiger partial charge in [-0.25, -0.2) is 0 Å². The van der Waals surface area contributed by atoms with Gasteiger partial charge in [-0.2, -0.15) is 5.10 Å². The van der Waals surface area contributed by atoms with Crippen LogP contribution < -0.4 is 10.6 Å². The molecule has 0 saturated heterocycles. The maximum absolute atomic E-state index is 12.1. The number of carbonyl (C=O) groups excluding carboxylic acids is 2. The molecule has 0 fully saturated rings. The number of hydrogen-bond acceptors (Lipinski definition) is 4. The van der Waals surface area contributed by atoms with Crippen molar-refractivity contribution in [3.63, 3.8) is 0 Å². The first-order valence-electron chi connectivity index (χ1n) is 8.31. The predicted octanol–water partition coefficient (Wildman–Crippen LogP) is 2.02. The van der Waals surface area contributed by atoms with Gasteiger partial charge in [0.15, 0.2) is 0 Å². The van der Waals surface area contributed by atoms with Crippen LogP contribution in [-0.4, -0.2) is 40.1 Å². The van der Waals surface area contributed by atoms with Crippen LogP contribution in [0.5, 0.6) is 0 Å². The molecular weight excluding hydrogens is 330 g/mol. The average Bonchev–Trinajstić information content (AvgIpc) is 3.19. The molecule has 1 aromatic carbocycles. The van der Waals surface area contributed by atoms with Gasteiger partial charge in [-0.3, -0.25) is 19.7 Å². The van der Waals surface area contributed by atoms with Crippen LogP contribution in [-0.2, 0) is 0 Å². The molecule has 0 aliphatic carbocycles. The second kappa shape index (κ2) is 8.57. The summed E-state index contributed by atoms with van der Waals surface area (Å²) in [7, 11) is 0. The lowest BCUT2D eigenvalue weighted by Crippen LogP contribution is -2.30. The Labute approximate surface area is 150 Å². The molecule has 0 atom stereocenters. The lowest BCUT2D eigenvalue weighted by molar-refractivity contribution is 0.0948. The van der Waals surface area contributed by atoms with Crippen LogP contribution in [0, 0.1) is 0 Å². The Balaban J connectivity index is 1.41. The lowest BCUT2D eigenvalue weighted by atomic mass is 10.1. The van der Waals surface area contributed by atoms with E-state index in [2.05, 4.69) is 25.8 Å². The van der Waals surface area contributed by atoms with Gasteiger partial charge < -0.3 is 10.6 Å². The summed E-state index contributed by atoms with van der Waals surface area (Å²) in [5.41, 5.74) is 2.64. The molecule has 0 radical (unpaired) electrons. The molecule has 0 saturated carbocycles. The Hall–Kier alpha value is -3.48. The fourth-order valence-corrected chi connectivity index (χ4v) is 2.39. The molecule has 3 N–H and O–H groups in total. The second-order valence-corrected chi connectivity index (χ2v) is 5.63. The fourth-order valence-electron chi connectivity index (χ4n) is 2.39. The van der Waals surface area contributed by atoms with Gasteiger partial charge in [-0.1, -0.05) is 30.3 Å². The molecule has 3 rings (SSSR count). The molecule has 7 heteroatoms. The first-order chi connectivity index (χ1) is 12.7. The zero-order valence-electron chi connectivity index (χ0n) is 14.1. The van der Waals surface area contributed by atoms with Crippen molar-refractivity contribution in [3.8, 4) is 11.3 Å². The largest absolute Gasteiger partial charge is 0.352 e. The third-order valence-corrected chi connectivity index (χ3v) is 3.76. The lowest BCUT2D eigenvalue weighted by Gasteiger charge is -2.06. The number of H-pyrrole nitrogens is 1. The minimum Gasteiger partial charge on any atom is -0.352 e. The van der Waals surface area contributed by atoms with E-state index in [0.717, 1.165) is 11.3 Å². The van der Waals surface area contributed by atoms with Crippen LogP contribution >= 0.6 is 0 Å². The van der Waals surface area contributed by atoms with Crippen molar-refractivity contribution in [1.82, 2.24) is 25.8 Å². The van der Waals surface area contributed by atoms with Crippen LogP contribution in [0.25, 0.3) is 11.3 Å². The van der Waals surface area contributed by atoms with Crippen molar-refractivity contribution >= 4 is 11.8 Å². The quantitative estimate of drug-likeness (QED) is 0.568. The molecule has 2 amide bonds. The Morgan fingerprint density at radius 3 is 2.35 bits per heavy atom. The molecule has 3 aromatic rings. The molecule has 7 nitrogen and oxygen atoms in total. The smallest absolute Gasteiger partial charge is 0.269 e. The number of carbonyl (C=O) groups is 2. The van der Waals surface area contributed by atoms with Gasteiger partial charge in [0.25, 0.3) is 11.8 Å². The van der Waals surface area contributed by atoms with Crippen molar-refractivity contribution in [2.45, 2.75) is 6.42 Å². The molecule has 132 valence electrons. The topological polar surface area (TPSA) is 99.8 Å². The summed E-state index contributed by atoms with van der Waals surface area (Å²) in [6.07, 6.45) is 3.77. The maximum Gasteiger partial charge on any atom is 0.269 e. The number of nitrogens with zero attached hydrogens (tertiary/aromatic N) is 2. The molecule has 2 aromatic heterocycles. The van der Waals surface area contributed by atoms with Crippen molar-refractivity contribution < 1.29 is 9.59 Å². The monoisotopic (exact) mass is 349 g/mol. The Morgan fingerprint density at radius 1 is 0.923 bits per heavy atom. The minimum atomic E-state index is -0.222. The predicted molar refractivity (Wildman–Crippen MR) is 97.5 cm³/mol. The zero-order valence-corrected chi connectivity index (χ0v) is 14.1. The number of hydrogen-bond donors (Lipinski definition) is 3. The van der Waals surface area contributed by atoms with Crippen LogP contribution in [0.2, 0.25) is 0 Å². The van der Waals surface area contributed by atoms with E-state index in [0.29, 0.717) is 30.8 Å². The number of amides is 2. The van der Waals surface area contributed by atoms with E-state index < -0.39 is 0 Å². The molecule has 0 bridgehead atoms. The maximum atomic E-state index is 12.1. The van der Waals surface area contributed by atoms with Gasteiger partial charge in [0.05, 0.1) is 5.69 Å². The number of aromatic amines is 1. The van der Waals surface area contributed by atoms with Gasteiger partial charge in [0, 0.05) is 36.6 Å². The third-order valence-electron chi connectivity index (χ3n) is 3.76.